The van der Waals surface area contributed by atoms with Gasteiger partial charge in [0.1, 0.15) is 5.75 Å². The highest BCUT2D eigenvalue weighted by Crippen LogP contribution is 2.25. The van der Waals surface area contributed by atoms with E-state index in [0.717, 1.165) is 22.4 Å². The number of aryl methyl sites for hydroxylation is 3. The molecule has 3 heteroatoms. The Labute approximate surface area is 125 Å². The van der Waals surface area contributed by atoms with E-state index in [2.05, 4.69) is 6.07 Å². The molecule has 0 aliphatic heterocycles. The molecular formula is C18H21NO2. The van der Waals surface area contributed by atoms with Crippen LogP contribution in [0.2, 0.25) is 0 Å². The summed E-state index contributed by atoms with van der Waals surface area (Å²) in [7, 11) is 0. The van der Waals surface area contributed by atoms with Gasteiger partial charge in [0.15, 0.2) is 0 Å². The van der Waals surface area contributed by atoms with Gasteiger partial charge in [-0.3, -0.25) is 4.79 Å². The average Bonchev–Trinajstić information content (AvgIpc) is 2.41. The molecule has 2 aromatic rings. The van der Waals surface area contributed by atoms with Crippen LogP contribution < -0.4 is 4.90 Å². The molecule has 0 radical (unpaired) electrons. The molecule has 0 unspecified atom stereocenters. The fraction of sp³-hybridized carbons (Fsp3) is 0.278. The van der Waals surface area contributed by atoms with Crippen LogP contribution in [0.1, 0.15) is 34.0 Å². The third kappa shape index (κ3) is 3.24. The van der Waals surface area contributed by atoms with Gasteiger partial charge in [-0.15, -0.1) is 0 Å². The molecule has 0 aliphatic rings. The summed E-state index contributed by atoms with van der Waals surface area (Å²) < 4.78 is 0. The zero-order valence-corrected chi connectivity index (χ0v) is 13.0. The number of amides is 1. The zero-order chi connectivity index (χ0) is 15.6. The van der Waals surface area contributed by atoms with Crippen molar-refractivity contribution in [3.63, 3.8) is 0 Å². The number of carbonyl (C=O) groups excluding carboxylic acids is 1. The molecule has 110 valence electrons. The van der Waals surface area contributed by atoms with Gasteiger partial charge in [-0.25, -0.2) is 0 Å². The number of phenolic OH excluding ortho intramolecular Hbond substituents is 1. The summed E-state index contributed by atoms with van der Waals surface area (Å²) in [5.41, 5.74) is 4.39. The van der Waals surface area contributed by atoms with Gasteiger partial charge in [0.25, 0.3) is 5.91 Å². The Bertz CT molecular complexity index is 657. The van der Waals surface area contributed by atoms with Crippen LogP contribution in [-0.4, -0.2) is 17.6 Å². The van der Waals surface area contributed by atoms with Gasteiger partial charge in [-0.2, -0.15) is 0 Å². The lowest BCUT2D eigenvalue weighted by Crippen LogP contribution is -2.30. The molecule has 0 aliphatic carbocycles. The monoisotopic (exact) mass is 283 g/mol. The van der Waals surface area contributed by atoms with E-state index in [0.29, 0.717) is 12.1 Å². The van der Waals surface area contributed by atoms with Crippen molar-refractivity contribution in [2.75, 3.05) is 11.4 Å². The summed E-state index contributed by atoms with van der Waals surface area (Å²) in [6.45, 7) is 8.42. The van der Waals surface area contributed by atoms with Gasteiger partial charge in [0.05, 0.1) is 5.56 Å². The van der Waals surface area contributed by atoms with Crippen molar-refractivity contribution in [1.29, 1.82) is 0 Å². The fourth-order valence-electron chi connectivity index (χ4n) is 2.52. The molecule has 1 amide bonds. The lowest BCUT2D eigenvalue weighted by Gasteiger charge is -2.22. The second kappa shape index (κ2) is 6.00. The maximum Gasteiger partial charge on any atom is 0.262 e. The van der Waals surface area contributed by atoms with Crippen LogP contribution >= 0.6 is 0 Å². The van der Waals surface area contributed by atoms with Crippen LogP contribution in [0, 0.1) is 20.8 Å². The van der Waals surface area contributed by atoms with E-state index < -0.39 is 0 Å². The topological polar surface area (TPSA) is 40.5 Å². The first-order chi connectivity index (χ1) is 9.92. The van der Waals surface area contributed by atoms with E-state index >= 15 is 0 Å². The zero-order valence-electron chi connectivity index (χ0n) is 13.0. The Morgan fingerprint density at radius 2 is 1.62 bits per heavy atom. The Balaban J connectivity index is 2.45. The van der Waals surface area contributed by atoms with Crippen LogP contribution in [0.3, 0.4) is 0 Å². The smallest absolute Gasteiger partial charge is 0.262 e. The summed E-state index contributed by atoms with van der Waals surface area (Å²) in [5, 5.41) is 9.96. The lowest BCUT2D eigenvalue weighted by atomic mass is 10.1. The number of phenols is 1. The van der Waals surface area contributed by atoms with Crippen molar-refractivity contribution in [3.8, 4) is 5.75 Å². The van der Waals surface area contributed by atoms with Crippen molar-refractivity contribution in [2.24, 2.45) is 0 Å². The molecule has 0 bridgehead atoms. The van der Waals surface area contributed by atoms with Gasteiger partial charge < -0.3 is 10.0 Å². The van der Waals surface area contributed by atoms with Crippen LogP contribution in [0.4, 0.5) is 5.69 Å². The lowest BCUT2D eigenvalue weighted by molar-refractivity contribution is 0.0985. The number of anilines is 1. The third-order valence-corrected chi connectivity index (χ3v) is 3.46. The van der Waals surface area contributed by atoms with E-state index in [1.165, 1.54) is 0 Å². The Morgan fingerprint density at radius 1 is 1.00 bits per heavy atom. The van der Waals surface area contributed by atoms with Gasteiger partial charge >= 0.3 is 0 Å². The van der Waals surface area contributed by atoms with Crippen LogP contribution in [0.15, 0.2) is 36.4 Å². The quantitative estimate of drug-likeness (QED) is 0.925. The first-order valence-electron chi connectivity index (χ1n) is 7.12. The van der Waals surface area contributed by atoms with Gasteiger partial charge in [0, 0.05) is 12.2 Å². The maximum absolute atomic E-state index is 12.7. The predicted molar refractivity (Wildman–Crippen MR) is 86.1 cm³/mol. The maximum atomic E-state index is 12.7. The Kier molecular flexibility index (Phi) is 4.32. The van der Waals surface area contributed by atoms with Crippen LogP contribution in [0.5, 0.6) is 5.75 Å². The van der Waals surface area contributed by atoms with Crippen molar-refractivity contribution in [1.82, 2.24) is 0 Å². The van der Waals surface area contributed by atoms with Crippen LogP contribution in [-0.2, 0) is 0 Å². The van der Waals surface area contributed by atoms with Gasteiger partial charge in [-0.05, 0) is 63.1 Å². The fourth-order valence-corrected chi connectivity index (χ4v) is 2.52. The molecule has 0 spiro atoms. The third-order valence-electron chi connectivity index (χ3n) is 3.46. The van der Waals surface area contributed by atoms with E-state index in [4.69, 9.17) is 0 Å². The molecule has 0 saturated carbocycles. The van der Waals surface area contributed by atoms with Crippen molar-refractivity contribution >= 4 is 11.6 Å². The standard InChI is InChI=1S/C18H21NO2/c1-5-19(15-9-13(3)8-14(4)10-15)18(21)16-11-12(2)6-7-17(16)20/h6-11,20H,5H2,1-4H3. The van der Waals surface area contributed by atoms with E-state index in [1.54, 1.807) is 23.1 Å². The van der Waals surface area contributed by atoms with Crippen molar-refractivity contribution in [2.45, 2.75) is 27.7 Å². The highest BCUT2D eigenvalue weighted by Gasteiger charge is 2.19. The normalized spacial score (nSPS) is 10.5. The number of rotatable bonds is 3. The minimum atomic E-state index is -0.177. The van der Waals surface area contributed by atoms with E-state index in [9.17, 15) is 9.90 Å². The highest BCUT2D eigenvalue weighted by atomic mass is 16.3. The summed E-state index contributed by atoms with van der Waals surface area (Å²) in [6.07, 6.45) is 0. The minimum Gasteiger partial charge on any atom is -0.507 e. The molecular weight excluding hydrogens is 262 g/mol. The number of nitrogens with zero attached hydrogens (tertiary/aromatic N) is 1. The molecule has 1 N–H and O–H groups in total. The minimum absolute atomic E-state index is 0.0217. The molecule has 0 saturated heterocycles. The molecule has 0 atom stereocenters. The summed E-state index contributed by atoms with van der Waals surface area (Å²) >= 11 is 0. The van der Waals surface area contributed by atoms with Crippen molar-refractivity contribution < 1.29 is 9.90 Å². The average molecular weight is 283 g/mol. The summed E-state index contributed by atoms with van der Waals surface area (Å²) in [6, 6.07) is 11.1. The number of benzene rings is 2. The van der Waals surface area contributed by atoms with E-state index in [1.807, 2.05) is 39.8 Å². The van der Waals surface area contributed by atoms with Crippen molar-refractivity contribution in [3.05, 3.63) is 58.7 Å². The highest BCUT2D eigenvalue weighted by molar-refractivity contribution is 6.08. The molecule has 2 aromatic carbocycles. The Hall–Kier alpha value is -2.29. The molecule has 2 rings (SSSR count). The first kappa shape index (κ1) is 15.1. The Morgan fingerprint density at radius 3 is 2.19 bits per heavy atom. The molecule has 0 fully saturated rings. The first-order valence-corrected chi connectivity index (χ1v) is 7.12. The largest absolute Gasteiger partial charge is 0.507 e. The second-order valence-corrected chi connectivity index (χ2v) is 5.42. The second-order valence-electron chi connectivity index (χ2n) is 5.42. The number of carbonyl (C=O) groups is 1. The molecule has 3 nitrogen and oxygen atoms in total. The van der Waals surface area contributed by atoms with Gasteiger partial charge in [-0.1, -0.05) is 17.7 Å². The number of hydrogen-bond donors (Lipinski definition) is 1. The van der Waals surface area contributed by atoms with Crippen LogP contribution in [0.25, 0.3) is 0 Å². The summed E-state index contributed by atoms with van der Waals surface area (Å²) in [4.78, 5) is 14.4. The van der Waals surface area contributed by atoms with Gasteiger partial charge in [0.2, 0.25) is 0 Å². The SMILES string of the molecule is CCN(C(=O)c1cc(C)ccc1O)c1cc(C)cc(C)c1. The predicted octanol–water partition coefficient (Wildman–Crippen LogP) is 3.98. The summed E-state index contributed by atoms with van der Waals surface area (Å²) in [5.74, 6) is -0.155. The number of aromatic hydroxyl groups is 1. The molecule has 0 aromatic heterocycles. The molecule has 21 heavy (non-hydrogen) atoms. The molecule has 0 heterocycles. The number of hydrogen-bond acceptors (Lipinski definition) is 2. The van der Waals surface area contributed by atoms with E-state index in [-0.39, 0.29) is 11.7 Å².